The van der Waals surface area contributed by atoms with Crippen molar-refractivity contribution >= 4 is 10.0 Å². The summed E-state index contributed by atoms with van der Waals surface area (Å²) in [6.45, 7) is 2.06. The van der Waals surface area contributed by atoms with Gasteiger partial charge >= 0.3 is 0 Å². The second kappa shape index (κ2) is 7.29. The number of hydrogen-bond acceptors (Lipinski definition) is 4. The fourth-order valence-corrected chi connectivity index (χ4v) is 3.14. The van der Waals surface area contributed by atoms with Crippen LogP contribution < -0.4 is 4.74 Å². The van der Waals surface area contributed by atoms with Crippen molar-refractivity contribution in [1.29, 1.82) is 0 Å². The Labute approximate surface area is 120 Å². The average molecular weight is 297 g/mol. The predicted octanol–water partition coefficient (Wildman–Crippen LogP) is 1.07. The van der Waals surface area contributed by atoms with Gasteiger partial charge < -0.3 is 9.84 Å². The smallest absolute Gasteiger partial charge is 0.246 e. The van der Waals surface area contributed by atoms with Crippen molar-refractivity contribution in [3.05, 3.63) is 23.8 Å². The van der Waals surface area contributed by atoms with E-state index in [-0.39, 0.29) is 17.3 Å². The van der Waals surface area contributed by atoms with Crippen LogP contribution in [0.3, 0.4) is 0 Å². The van der Waals surface area contributed by atoms with Crippen LogP contribution in [0.25, 0.3) is 0 Å². The first kappa shape index (κ1) is 16.5. The van der Waals surface area contributed by atoms with Gasteiger partial charge in [0.15, 0.2) is 0 Å². The van der Waals surface area contributed by atoms with Gasteiger partial charge in [0.2, 0.25) is 10.0 Å². The Balaban J connectivity index is 3.33. The highest BCUT2D eigenvalue weighted by atomic mass is 32.2. The second-order valence-electron chi connectivity index (χ2n) is 4.15. The Morgan fingerprint density at radius 1 is 1.40 bits per heavy atom. The van der Waals surface area contributed by atoms with E-state index in [0.29, 0.717) is 12.1 Å². The molecule has 110 valence electrons. The minimum atomic E-state index is -3.61. The lowest BCUT2D eigenvalue weighted by Gasteiger charge is -2.18. The van der Waals surface area contributed by atoms with Crippen LogP contribution in [-0.4, -0.2) is 45.1 Å². The van der Waals surface area contributed by atoms with E-state index in [2.05, 4.69) is 11.8 Å². The summed E-state index contributed by atoms with van der Waals surface area (Å²) < 4.78 is 31.4. The highest BCUT2D eigenvalue weighted by molar-refractivity contribution is 7.89. The third-order valence-corrected chi connectivity index (χ3v) is 4.58. The molecule has 0 heterocycles. The molecule has 0 atom stereocenters. The topological polar surface area (TPSA) is 66.8 Å². The summed E-state index contributed by atoms with van der Waals surface area (Å²) in [6, 6.07) is 4.68. The first-order chi connectivity index (χ1) is 9.47. The first-order valence-corrected chi connectivity index (χ1v) is 7.65. The second-order valence-corrected chi connectivity index (χ2v) is 6.17. The van der Waals surface area contributed by atoms with E-state index in [9.17, 15) is 8.42 Å². The van der Waals surface area contributed by atoms with E-state index in [1.807, 2.05) is 6.92 Å². The largest absolute Gasteiger partial charge is 0.495 e. The molecule has 0 aliphatic rings. The lowest BCUT2D eigenvalue weighted by molar-refractivity contribution is 0.350. The summed E-state index contributed by atoms with van der Waals surface area (Å²) in [6.07, 6.45) is 0.724. The zero-order valence-corrected chi connectivity index (χ0v) is 12.7. The maximum Gasteiger partial charge on any atom is 0.246 e. The molecule has 0 saturated carbocycles. The van der Waals surface area contributed by atoms with E-state index in [1.165, 1.54) is 24.5 Å². The lowest BCUT2D eigenvalue weighted by atomic mass is 10.2. The van der Waals surface area contributed by atoms with Crippen LogP contribution in [0.5, 0.6) is 5.75 Å². The Morgan fingerprint density at radius 2 is 2.10 bits per heavy atom. The minimum absolute atomic E-state index is 0.0840. The highest BCUT2D eigenvalue weighted by Gasteiger charge is 2.24. The Bertz CT molecular complexity index is 614. The molecule has 0 aliphatic carbocycles. The molecule has 0 bridgehead atoms. The molecule has 0 radical (unpaired) electrons. The van der Waals surface area contributed by atoms with Crippen LogP contribution in [0.1, 0.15) is 18.9 Å². The molecule has 0 amide bonds. The van der Waals surface area contributed by atoms with Gasteiger partial charge in [-0.15, -0.1) is 0 Å². The quantitative estimate of drug-likeness (QED) is 0.826. The van der Waals surface area contributed by atoms with E-state index in [4.69, 9.17) is 9.84 Å². The van der Waals surface area contributed by atoms with Crippen LogP contribution in [0.15, 0.2) is 23.1 Å². The van der Waals surface area contributed by atoms with Crippen molar-refractivity contribution in [2.45, 2.75) is 18.2 Å². The van der Waals surface area contributed by atoms with Gasteiger partial charge in [-0.1, -0.05) is 18.8 Å². The maximum atomic E-state index is 12.5. The van der Waals surface area contributed by atoms with Gasteiger partial charge in [0.1, 0.15) is 17.3 Å². The van der Waals surface area contributed by atoms with Crippen LogP contribution in [0, 0.1) is 11.8 Å². The van der Waals surface area contributed by atoms with E-state index in [1.54, 1.807) is 12.1 Å². The van der Waals surface area contributed by atoms with E-state index < -0.39 is 10.0 Å². The third-order valence-electron chi connectivity index (χ3n) is 2.70. The molecule has 0 fully saturated rings. The monoisotopic (exact) mass is 297 g/mol. The highest BCUT2D eigenvalue weighted by Crippen LogP contribution is 2.27. The van der Waals surface area contributed by atoms with E-state index >= 15 is 0 Å². The summed E-state index contributed by atoms with van der Waals surface area (Å²) >= 11 is 0. The van der Waals surface area contributed by atoms with Crippen LogP contribution in [0.2, 0.25) is 0 Å². The molecule has 1 aromatic rings. The minimum Gasteiger partial charge on any atom is -0.495 e. The number of rotatable bonds is 5. The number of ether oxygens (including phenoxy) is 1. The van der Waals surface area contributed by atoms with Gasteiger partial charge in [-0.25, -0.2) is 12.7 Å². The summed E-state index contributed by atoms with van der Waals surface area (Å²) in [5.74, 6) is 5.46. The molecule has 5 nitrogen and oxygen atoms in total. The Hall–Kier alpha value is -1.55. The molecule has 0 unspecified atom stereocenters. The fraction of sp³-hybridized carbons (Fsp3) is 0.429. The normalized spacial score (nSPS) is 11.1. The van der Waals surface area contributed by atoms with Gasteiger partial charge in [-0.2, -0.15) is 0 Å². The number of hydrogen-bond donors (Lipinski definition) is 1. The number of nitrogens with zero attached hydrogens (tertiary/aromatic N) is 1. The van der Waals surface area contributed by atoms with Crippen molar-refractivity contribution < 1.29 is 18.3 Å². The number of aliphatic hydroxyl groups excluding tert-OH is 1. The SMILES string of the molecule is CCCN(C)S(=O)(=O)c1cc(C#CCO)ccc1OC. The first-order valence-electron chi connectivity index (χ1n) is 6.21. The molecule has 1 aromatic carbocycles. The van der Waals surface area contributed by atoms with Crippen molar-refractivity contribution in [3.63, 3.8) is 0 Å². The van der Waals surface area contributed by atoms with E-state index in [0.717, 1.165) is 6.42 Å². The molecule has 1 rings (SSSR count). The predicted molar refractivity (Wildman–Crippen MR) is 77.1 cm³/mol. The number of aliphatic hydroxyl groups is 1. The summed E-state index contributed by atoms with van der Waals surface area (Å²) in [5, 5.41) is 8.69. The lowest BCUT2D eigenvalue weighted by Crippen LogP contribution is -2.28. The number of sulfonamides is 1. The molecule has 0 aromatic heterocycles. The summed E-state index contributed by atoms with van der Waals surface area (Å²) in [5.41, 5.74) is 0.517. The Morgan fingerprint density at radius 3 is 2.65 bits per heavy atom. The number of methoxy groups -OCH3 is 1. The molecule has 6 heteroatoms. The molecule has 0 saturated heterocycles. The zero-order chi connectivity index (χ0) is 15.2. The zero-order valence-electron chi connectivity index (χ0n) is 11.9. The van der Waals surface area contributed by atoms with Gasteiger partial charge in [-0.05, 0) is 24.6 Å². The molecular formula is C14H19NO4S. The van der Waals surface area contributed by atoms with Crippen molar-refractivity contribution in [1.82, 2.24) is 4.31 Å². The van der Waals surface area contributed by atoms with Crippen LogP contribution >= 0.6 is 0 Å². The van der Waals surface area contributed by atoms with Crippen LogP contribution in [-0.2, 0) is 10.0 Å². The van der Waals surface area contributed by atoms with Gasteiger partial charge in [0.05, 0.1) is 7.11 Å². The third kappa shape index (κ3) is 3.73. The fourth-order valence-electron chi connectivity index (χ4n) is 1.70. The number of benzene rings is 1. The molecule has 1 N–H and O–H groups in total. The van der Waals surface area contributed by atoms with Gasteiger partial charge in [0, 0.05) is 19.2 Å². The standard InChI is InChI=1S/C14H19NO4S/c1-4-9-15(2)20(17,18)14-11-12(6-5-10-16)7-8-13(14)19-3/h7-8,11,16H,4,9-10H2,1-3H3. The average Bonchev–Trinajstić information content (AvgIpc) is 2.45. The molecule has 0 aliphatic heterocycles. The molecular weight excluding hydrogens is 278 g/mol. The van der Waals surface area contributed by atoms with Crippen molar-refractivity contribution in [2.24, 2.45) is 0 Å². The summed E-state index contributed by atoms with van der Waals surface area (Å²) in [4.78, 5) is 0.0840. The molecule has 20 heavy (non-hydrogen) atoms. The molecule has 0 spiro atoms. The maximum absolute atomic E-state index is 12.5. The van der Waals surface area contributed by atoms with Gasteiger partial charge in [0.25, 0.3) is 0 Å². The van der Waals surface area contributed by atoms with Crippen LogP contribution in [0.4, 0.5) is 0 Å². The van der Waals surface area contributed by atoms with Gasteiger partial charge in [-0.3, -0.25) is 0 Å². The van der Waals surface area contributed by atoms with Crippen molar-refractivity contribution in [2.75, 3.05) is 27.3 Å². The van der Waals surface area contributed by atoms with Crippen molar-refractivity contribution in [3.8, 4) is 17.6 Å². The Kier molecular flexibility index (Phi) is 6.02. The summed E-state index contributed by atoms with van der Waals surface area (Å²) in [7, 11) is -0.657.